The summed E-state index contributed by atoms with van der Waals surface area (Å²) in [5.74, 6) is -1.57. The van der Waals surface area contributed by atoms with Crippen molar-refractivity contribution >= 4 is 69.9 Å². The summed E-state index contributed by atoms with van der Waals surface area (Å²) in [6, 6.07) is -0.891. The van der Waals surface area contributed by atoms with Gasteiger partial charge in [0, 0.05) is 16.9 Å². The van der Waals surface area contributed by atoms with Gasteiger partial charge in [0.15, 0.2) is 10.1 Å². The van der Waals surface area contributed by atoms with E-state index in [9.17, 15) is 19.5 Å². The number of β-lactam (4-membered cyclic amide) rings is 1. The topological polar surface area (TPSA) is 160 Å². The molecule has 0 aliphatic carbocycles. The van der Waals surface area contributed by atoms with E-state index >= 15 is 0 Å². The van der Waals surface area contributed by atoms with E-state index in [1.54, 1.807) is 5.51 Å². The van der Waals surface area contributed by atoms with Gasteiger partial charge < -0.3 is 15.3 Å². The molecule has 4 heterocycles. The molecule has 0 bridgehead atoms. The van der Waals surface area contributed by atoms with Gasteiger partial charge in [0.05, 0.1) is 0 Å². The van der Waals surface area contributed by atoms with Crippen LogP contribution in [0.4, 0.5) is 0 Å². The quantitative estimate of drug-likeness (QED) is 0.222. The number of aromatic nitrogens is 4. The van der Waals surface area contributed by atoms with Crippen molar-refractivity contribution in [3.05, 3.63) is 27.9 Å². The molecular formula is C15H13N7O5S4. The lowest BCUT2D eigenvalue weighted by Crippen LogP contribution is -2.71. The van der Waals surface area contributed by atoms with Crippen LogP contribution in [0.2, 0.25) is 0 Å². The second-order valence-electron chi connectivity index (χ2n) is 6.02. The molecule has 2 N–H and O–H groups in total. The van der Waals surface area contributed by atoms with Crippen LogP contribution in [0.5, 0.6) is 0 Å². The van der Waals surface area contributed by atoms with Crippen LogP contribution in [0.15, 0.2) is 31.7 Å². The van der Waals surface area contributed by atoms with E-state index in [1.165, 1.54) is 52.3 Å². The van der Waals surface area contributed by atoms with Crippen LogP contribution < -0.4 is 5.32 Å². The second-order valence-corrected chi connectivity index (χ2v) is 9.79. The number of carboxylic acids is 1. The maximum atomic E-state index is 12.8. The zero-order valence-electron chi connectivity index (χ0n) is 15.6. The molecule has 0 saturated carbocycles. The monoisotopic (exact) mass is 499 g/mol. The number of fused-ring (bicyclic) bond motifs is 1. The molecule has 31 heavy (non-hydrogen) atoms. The van der Waals surface area contributed by atoms with Gasteiger partial charge in [-0.15, -0.1) is 27.1 Å². The molecular weight excluding hydrogens is 486 g/mol. The third kappa shape index (κ3) is 4.28. The summed E-state index contributed by atoms with van der Waals surface area (Å²) >= 11 is 5.14. The first-order valence-electron chi connectivity index (χ1n) is 8.49. The van der Waals surface area contributed by atoms with Crippen LogP contribution in [0.1, 0.15) is 5.69 Å². The van der Waals surface area contributed by atoms with Crippen LogP contribution in [-0.4, -0.2) is 83.3 Å². The van der Waals surface area contributed by atoms with Gasteiger partial charge in [-0.25, -0.2) is 4.79 Å². The first-order chi connectivity index (χ1) is 15.0. The molecule has 2 aliphatic heterocycles. The Labute approximate surface area is 191 Å². The number of carboxylic acid groups (broad SMARTS) is 1. The van der Waals surface area contributed by atoms with E-state index in [4.69, 9.17) is 4.84 Å². The molecule has 2 aliphatic rings. The van der Waals surface area contributed by atoms with Gasteiger partial charge in [-0.1, -0.05) is 32.7 Å². The fourth-order valence-corrected chi connectivity index (χ4v) is 6.36. The summed E-state index contributed by atoms with van der Waals surface area (Å²) in [4.78, 5) is 43.3. The second kappa shape index (κ2) is 9.29. The van der Waals surface area contributed by atoms with Gasteiger partial charge in [0.25, 0.3) is 11.8 Å². The highest BCUT2D eigenvalue weighted by Gasteiger charge is 2.54. The Bertz CT molecular complexity index is 1060. The number of carbonyl (C=O) groups is 3. The Kier molecular flexibility index (Phi) is 6.49. The van der Waals surface area contributed by atoms with Gasteiger partial charge >= 0.3 is 5.97 Å². The van der Waals surface area contributed by atoms with Crippen LogP contribution in [0.3, 0.4) is 0 Å². The van der Waals surface area contributed by atoms with Gasteiger partial charge in [0.2, 0.25) is 0 Å². The van der Waals surface area contributed by atoms with Gasteiger partial charge in [-0.2, -0.15) is 0 Å². The number of hydrogen-bond acceptors (Lipinski definition) is 13. The zero-order chi connectivity index (χ0) is 22.0. The molecule has 12 nitrogen and oxygen atoms in total. The summed E-state index contributed by atoms with van der Waals surface area (Å²) in [6.07, 6.45) is 0. The van der Waals surface area contributed by atoms with Gasteiger partial charge in [-0.05, 0) is 17.1 Å². The van der Waals surface area contributed by atoms with E-state index in [1.807, 2.05) is 0 Å². The van der Waals surface area contributed by atoms with E-state index in [0.717, 1.165) is 11.5 Å². The molecule has 0 spiro atoms. The van der Waals surface area contributed by atoms with E-state index in [-0.39, 0.29) is 17.1 Å². The maximum Gasteiger partial charge on any atom is 0.352 e. The minimum atomic E-state index is -1.19. The van der Waals surface area contributed by atoms with Crippen molar-refractivity contribution in [2.75, 3.05) is 18.6 Å². The van der Waals surface area contributed by atoms with Crippen molar-refractivity contribution in [3.8, 4) is 0 Å². The maximum absolute atomic E-state index is 12.8. The fourth-order valence-electron chi connectivity index (χ4n) is 2.94. The number of hydrogen-bond donors (Lipinski definition) is 2. The van der Waals surface area contributed by atoms with Gasteiger partial charge in [0.1, 0.15) is 35.4 Å². The average molecular weight is 500 g/mol. The Morgan fingerprint density at radius 2 is 2.29 bits per heavy atom. The van der Waals surface area contributed by atoms with Gasteiger partial charge in [-0.3, -0.25) is 14.5 Å². The predicted molar refractivity (Wildman–Crippen MR) is 114 cm³/mol. The smallest absolute Gasteiger partial charge is 0.352 e. The first-order valence-corrected chi connectivity index (χ1v) is 12.2. The number of nitrogens with zero attached hydrogens (tertiary/aromatic N) is 6. The number of rotatable bonds is 8. The molecule has 2 aromatic rings. The third-order valence-corrected chi connectivity index (χ3v) is 8.04. The first kappa shape index (κ1) is 21.7. The predicted octanol–water partition coefficient (Wildman–Crippen LogP) is 0.271. The Balaban J connectivity index is 1.49. The molecule has 2 aromatic heterocycles. The number of amides is 2. The van der Waals surface area contributed by atoms with E-state index < -0.39 is 29.2 Å². The number of thioether (sulfide) groups is 2. The minimum Gasteiger partial charge on any atom is -0.477 e. The van der Waals surface area contributed by atoms with E-state index in [0.29, 0.717) is 21.4 Å². The number of oxime groups is 1. The summed E-state index contributed by atoms with van der Waals surface area (Å²) in [6.45, 7) is 0. The Morgan fingerprint density at radius 3 is 2.94 bits per heavy atom. The summed E-state index contributed by atoms with van der Waals surface area (Å²) in [7, 11) is 1.28. The van der Waals surface area contributed by atoms with Crippen molar-refractivity contribution in [1.82, 2.24) is 30.0 Å². The highest BCUT2D eigenvalue weighted by Crippen LogP contribution is 2.41. The largest absolute Gasteiger partial charge is 0.477 e. The SMILES string of the molecule is CO/N=C(/C(=O)NC1C(=O)N2C(C(=O)O)=C(CSc3nncs3)CS[C@H]12)c1csnn1. The van der Waals surface area contributed by atoms with Crippen molar-refractivity contribution in [3.63, 3.8) is 0 Å². The summed E-state index contributed by atoms with van der Waals surface area (Å²) in [5, 5.41) is 28.5. The zero-order valence-corrected chi connectivity index (χ0v) is 18.9. The average Bonchev–Trinajstić information content (AvgIpc) is 3.47. The molecule has 16 heteroatoms. The molecule has 0 aromatic carbocycles. The number of carbonyl (C=O) groups excluding carboxylic acids is 2. The summed E-state index contributed by atoms with van der Waals surface area (Å²) in [5.41, 5.74) is 2.25. The third-order valence-electron chi connectivity index (χ3n) is 4.25. The van der Waals surface area contributed by atoms with Crippen LogP contribution >= 0.6 is 46.4 Å². The Morgan fingerprint density at radius 1 is 1.45 bits per heavy atom. The highest BCUT2D eigenvalue weighted by atomic mass is 32.2. The molecule has 2 atom stereocenters. The number of aliphatic carboxylic acids is 1. The minimum absolute atomic E-state index is 0.0502. The molecule has 1 fully saturated rings. The molecule has 0 radical (unpaired) electrons. The Hall–Kier alpha value is -2.56. The highest BCUT2D eigenvalue weighted by molar-refractivity contribution is 8.01. The number of nitrogens with one attached hydrogen (secondary N) is 1. The lowest BCUT2D eigenvalue weighted by molar-refractivity contribution is -0.150. The van der Waals surface area contributed by atoms with Crippen molar-refractivity contribution in [2.45, 2.75) is 15.8 Å². The van der Waals surface area contributed by atoms with Crippen LogP contribution in [0, 0.1) is 0 Å². The molecule has 162 valence electrons. The molecule has 1 unspecified atom stereocenters. The van der Waals surface area contributed by atoms with Crippen molar-refractivity contribution in [2.24, 2.45) is 5.16 Å². The summed E-state index contributed by atoms with van der Waals surface area (Å²) < 4.78 is 4.40. The standard InChI is InChI=1S/C15H13N7O5S4/c1-27-20-8(7-4-31-21-18-7)11(23)17-9-12(24)22-10(14(25)26)6(2-28-13(9)22)3-29-15-19-16-5-30-15/h4-5,9,13H,2-3H2,1H3,(H,17,23)(H,25,26)/b20-8+/t9?,13-/m1/s1. The van der Waals surface area contributed by atoms with Crippen molar-refractivity contribution < 1.29 is 24.3 Å². The fraction of sp³-hybridized carbons (Fsp3) is 0.333. The van der Waals surface area contributed by atoms with Crippen molar-refractivity contribution in [1.29, 1.82) is 0 Å². The molecule has 4 rings (SSSR count). The molecule has 1 saturated heterocycles. The van der Waals surface area contributed by atoms with Crippen LogP contribution in [-0.2, 0) is 19.2 Å². The lowest BCUT2D eigenvalue weighted by atomic mass is 10.0. The van der Waals surface area contributed by atoms with E-state index in [2.05, 4.69) is 30.3 Å². The normalized spacial score (nSPS) is 20.9. The molecule has 2 amide bonds. The van der Waals surface area contributed by atoms with Crippen LogP contribution in [0.25, 0.3) is 0 Å². The lowest BCUT2D eigenvalue weighted by Gasteiger charge is -2.49.